The van der Waals surface area contributed by atoms with Gasteiger partial charge < -0.3 is 9.26 Å². The first kappa shape index (κ1) is 15.5. The molecule has 0 spiro atoms. The number of nitrogens with zero attached hydrogens (tertiary/aromatic N) is 3. The van der Waals surface area contributed by atoms with Crippen LogP contribution in [0.4, 0.5) is 0 Å². The average Bonchev–Trinajstić information content (AvgIpc) is 3.30. The topological polar surface area (TPSA) is 61.0 Å². The van der Waals surface area contributed by atoms with E-state index in [1.165, 1.54) is 0 Å². The van der Waals surface area contributed by atoms with Crippen LogP contribution in [0.2, 0.25) is 0 Å². The van der Waals surface area contributed by atoms with E-state index in [0.29, 0.717) is 29.8 Å². The normalized spacial score (nSPS) is 10.8. The van der Waals surface area contributed by atoms with Crippen LogP contribution in [-0.2, 0) is 6.61 Å². The van der Waals surface area contributed by atoms with Crippen molar-refractivity contribution in [2.45, 2.75) is 13.5 Å². The highest BCUT2D eigenvalue weighted by molar-refractivity contribution is 7.09. The summed E-state index contributed by atoms with van der Waals surface area (Å²) in [5, 5.41) is 6.95. The van der Waals surface area contributed by atoms with Gasteiger partial charge in [-0.3, -0.25) is 0 Å². The zero-order valence-corrected chi connectivity index (χ0v) is 14.4. The highest BCUT2D eigenvalue weighted by atomic mass is 32.1. The molecule has 0 aliphatic heterocycles. The molecule has 2 aromatic heterocycles. The second-order valence-corrected chi connectivity index (χ2v) is 6.51. The van der Waals surface area contributed by atoms with E-state index in [-0.39, 0.29) is 0 Å². The first-order valence-electron chi connectivity index (χ1n) is 7.82. The molecule has 0 atom stereocenters. The third kappa shape index (κ3) is 3.44. The van der Waals surface area contributed by atoms with Gasteiger partial charge in [-0.1, -0.05) is 47.6 Å². The molecule has 4 aromatic rings. The molecule has 0 aliphatic carbocycles. The minimum Gasteiger partial charge on any atom is -0.488 e. The Morgan fingerprint density at radius 2 is 1.80 bits per heavy atom. The Kier molecular flexibility index (Phi) is 4.26. The summed E-state index contributed by atoms with van der Waals surface area (Å²) in [6, 6.07) is 17.7. The van der Waals surface area contributed by atoms with E-state index in [1.54, 1.807) is 11.3 Å². The smallest absolute Gasteiger partial charge is 0.277 e. The van der Waals surface area contributed by atoms with E-state index in [1.807, 2.05) is 66.9 Å². The van der Waals surface area contributed by atoms with Crippen LogP contribution in [0.15, 0.2) is 64.5 Å². The predicted molar refractivity (Wildman–Crippen MR) is 96.4 cm³/mol. The number of para-hydroxylation sites is 1. The largest absolute Gasteiger partial charge is 0.488 e. The maximum Gasteiger partial charge on any atom is 0.277 e. The number of aromatic nitrogens is 3. The van der Waals surface area contributed by atoms with Crippen LogP contribution in [0.25, 0.3) is 23.0 Å². The van der Waals surface area contributed by atoms with Crippen LogP contribution in [0.3, 0.4) is 0 Å². The maximum atomic E-state index is 5.96. The fourth-order valence-electron chi connectivity index (χ4n) is 2.41. The second-order valence-electron chi connectivity index (χ2n) is 5.45. The molecule has 0 saturated heterocycles. The van der Waals surface area contributed by atoms with Crippen molar-refractivity contribution < 1.29 is 9.26 Å². The Morgan fingerprint density at radius 3 is 2.60 bits per heavy atom. The number of benzene rings is 2. The lowest BCUT2D eigenvalue weighted by Crippen LogP contribution is -1.97. The lowest BCUT2D eigenvalue weighted by atomic mass is 10.2. The van der Waals surface area contributed by atoms with E-state index in [9.17, 15) is 0 Å². The molecule has 0 saturated carbocycles. The molecule has 0 radical (unpaired) electrons. The molecule has 0 bridgehead atoms. The third-order valence-corrected chi connectivity index (χ3v) is 4.40. The molecule has 6 heteroatoms. The number of rotatable bonds is 5. The summed E-state index contributed by atoms with van der Waals surface area (Å²) in [4.78, 5) is 8.84. The van der Waals surface area contributed by atoms with Crippen LogP contribution >= 0.6 is 11.3 Å². The lowest BCUT2D eigenvalue weighted by Gasteiger charge is -2.09. The van der Waals surface area contributed by atoms with Crippen molar-refractivity contribution in [3.8, 4) is 28.7 Å². The van der Waals surface area contributed by atoms with Crippen molar-refractivity contribution in [1.82, 2.24) is 15.1 Å². The van der Waals surface area contributed by atoms with Crippen molar-refractivity contribution in [2.75, 3.05) is 0 Å². The van der Waals surface area contributed by atoms with Gasteiger partial charge in [0.1, 0.15) is 18.1 Å². The minimum atomic E-state index is 0.414. The summed E-state index contributed by atoms with van der Waals surface area (Å²) in [6.45, 7) is 2.42. The van der Waals surface area contributed by atoms with Crippen molar-refractivity contribution in [2.24, 2.45) is 0 Å². The summed E-state index contributed by atoms with van der Waals surface area (Å²) in [7, 11) is 0. The van der Waals surface area contributed by atoms with Gasteiger partial charge in [0.15, 0.2) is 0 Å². The second kappa shape index (κ2) is 6.86. The van der Waals surface area contributed by atoms with Crippen molar-refractivity contribution in [3.63, 3.8) is 0 Å². The summed E-state index contributed by atoms with van der Waals surface area (Å²) < 4.78 is 11.3. The van der Waals surface area contributed by atoms with Gasteiger partial charge in [-0.25, -0.2) is 4.98 Å². The van der Waals surface area contributed by atoms with E-state index in [0.717, 1.165) is 16.1 Å². The van der Waals surface area contributed by atoms with Crippen molar-refractivity contribution in [1.29, 1.82) is 0 Å². The third-order valence-electron chi connectivity index (χ3n) is 3.63. The maximum absolute atomic E-state index is 5.96. The Bertz CT molecular complexity index is 979. The monoisotopic (exact) mass is 349 g/mol. The van der Waals surface area contributed by atoms with Crippen LogP contribution in [0.1, 0.15) is 10.6 Å². The number of hydrogen-bond acceptors (Lipinski definition) is 6. The molecule has 0 aliphatic rings. The zero-order valence-electron chi connectivity index (χ0n) is 13.5. The summed E-state index contributed by atoms with van der Waals surface area (Å²) in [5.41, 5.74) is 2.59. The van der Waals surface area contributed by atoms with Crippen LogP contribution in [-0.4, -0.2) is 15.1 Å². The standard InChI is InChI=1S/C19H15N3O2S/c1-13-20-16(12-25-13)19-21-18(22-24-19)15-9-5-6-10-17(15)23-11-14-7-3-2-4-8-14/h2-10,12H,11H2,1H3. The van der Waals surface area contributed by atoms with E-state index >= 15 is 0 Å². The van der Waals surface area contributed by atoms with Gasteiger partial charge in [-0.15, -0.1) is 11.3 Å². The van der Waals surface area contributed by atoms with E-state index < -0.39 is 0 Å². The summed E-state index contributed by atoms with van der Waals surface area (Å²) in [5.74, 6) is 1.62. The SMILES string of the molecule is Cc1nc(-c2nc(-c3ccccc3OCc3ccccc3)no2)cs1. The van der Waals surface area contributed by atoms with Gasteiger partial charge in [0.2, 0.25) is 5.82 Å². The average molecular weight is 349 g/mol. The van der Waals surface area contributed by atoms with Gasteiger partial charge in [-0.05, 0) is 24.6 Å². The molecule has 0 fully saturated rings. The Hall–Kier alpha value is -2.99. The van der Waals surface area contributed by atoms with Crippen LogP contribution < -0.4 is 4.74 Å². The molecule has 2 heterocycles. The molecular weight excluding hydrogens is 334 g/mol. The molecule has 0 unspecified atom stereocenters. The molecule has 5 nitrogen and oxygen atoms in total. The molecule has 0 amide bonds. The number of aryl methyl sites for hydroxylation is 1. The molecule has 0 N–H and O–H groups in total. The predicted octanol–water partition coefficient (Wildman–Crippen LogP) is 4.75. The van der Waals surface area contributed by atoms with Gasteiger partial charge in [0.05, 0.1) is 10.6 Å². The first-order chi connectivity index (χ1) is 12.3. The zero-order chi connectivity index (χ0) is 17.1. The number of thiazole rings is 1. The van der Waals surface area contributed by atoms with Crippen molar-refractivity contribution >= 4 is 11.3 Å². The molecule has 2 aromatic carbocycles. The first-order valence-corrected chi connectivity index (χ1v) is 8.70. The van der Waals surface area contributed by atoms with Gasteiger partial charge in [0.25, 0.3) is 5.89 Å². The summed E-state index contributed by atoms with van der Waals surface area (Å²) in [6.07, 6.45) is 0. The van der Waals surface area contributed by atoms with Crippen LogP contribution in [0.5, 0.6) is 5.75 Å². The van der Waals surface area contributed by atoms with Gasteiger partial charge in [0, 0.05) is 5.38 Å². The molecule has 25 heavy (non-hydrogen) atoms. The highest BCUT2D eigenvalue weighted by Gasteiger charge is 2.16. The molecular formula is C19H15N3O2S. The number of ether oxygens (including phenoxy) is 1. The van der Waals surface area contributed by atoms with Crippen molar-refractivity contribution in [3.05, 3.63) is 70.5 Å². The highest BCUT2D eigenvalue weighted by Crippen LogP contribution is 2.30. The minimum absolute atomic E-state index is 0.414. The Labute approximate surface area is 148 Å². The fraction of sp³-hybridized carbons (Fsp3) is 0.105. The van der Waals surface area contributed by atoms with E-state index in [2.05, 4.69) is 15.1 Å². The fourth-order valence-corrected chi connectivity index (χ4v) is 3.00. The lowest BCUT2D eigenvalue weighted by molar-refractivity contribution is 0.307. The summed E-state index contributed by atoms with van der Waals surface area (Å²) >= 11 is 1.55. The van der Waals surface area contributed by atoms with Gasteiger partial charge in [-0.2, -0.15) is 4.98 Å². The Balaban J connectivity index is 1.59. The Morgan fingerprint density at radius 1 is 1.00 bits per heavy atom. The van der Waals surface area contributed by atoms with Gasteiger partial charge >= 0.3 is 0 Å². The van der Waals surface area contributed by atoms with E-state index in [4.69, 9.17) is 9.26 Å². The van der Waals surface area contributed by atoms with Crippen LogP contribution in [0, 0.1) is 6.92 Å². The number of hydrogen-bond donors (Lipinski definition) is 0. The quantitative estimate of drug-likeness (QED) is 0.520. The molecule has 4 rings (SSSR count). The molecule has 124 valence electrons.